The topological polar surface area (TPSA) is 15.3 Å². The molecule has 1 saturated carbocycles. The smallest absolute Gasteiger partial charge is 0.0636 e. The van der Waals surface area contributed by atoms with E-state index >= 15 is 0 Å². The zero-order valence-corrected chi connectivity index (χ0v) is 10.2. The van der Waals surface area contributed by atoms with Crippen LogP contribution in [0.2, 0.25) is 0 Å². The molecule has 1 aliphatic heterocycles. The van der Waals surface area contributed by atoms with Crippen LogP contribution in [0, 0.1) is 6.92 Å². The summed E-state index contributed by atoms with van der Waals surface area (Å²) in [7, 11) is 0. The van der Waals surface area contributed by atoms with Gasteiger partial charge in [0.25, 0.3) is 0 Å². The Morgan fingerprint density at radius 3 is 2.81 bits per heavy atom. The van der Waals surface area contributed by atoms with Gasteiger partial charge in [0, 0.05) is 13.1 Å². The van der Waals surface area contributed by atoms with E-state index in [2.05, 4.69) is 42.3 Å². The van der Waals surface area contributed by atoms with Crippen LogP contribution in [0.5, 0.6) is 0 Å². The van der Waals surface area contributed by atoms with E-state index in [0.717, 1.165) is 13.1 Å². The molecule has 1 spiro atoms. The van der Waals surface area contributed by atoms with Crippen LogP contribution in [0.4, 0.5) is 11.4 Å². The zero-order valence-electron chi connectivity index (χ0n) is 10.2. The van der Waals surface area contributed by atoms with Gasteiger partial charge in [0.15, 0.2) is 0 Å². The number of nitrogens with one attached hydrogen (secondary N) is 1. The van der Waals surface area contributed by atoms with Crippen LogP contribution in [0.15, 0.2) is 18.2 Å². The van der Waals surface area contributed by atoms with Gasteiger partial charge in [-0.3, -0.25) is 0 Å². The van der Waals surface area contributed by atoms with E-state index in [4.69, 9.17) is 0 Å². The van der Waals surface area contributed by atoms with Crippen molar-refractivity contribution in [3.63, 3.8) is 0 Å². The van der Waals surface area contributed by atoms with Crippen LogP contribution in [0.1, 0.15) is 31.7 Å². The Balaban J connectivity index is 2.09. The Kier molecular flexibility index (Phi) is 2.13. The van der Waals surface area contributed by atoms with Crippen LogP contribution in [-0.2, 0) is 0 Å². The molecule has 2 nitrogen and oxygen atoms in total. The van der Waals surface area contributed by atoms with Crippen LogP contribution in [-0.4, -0.2) is 18.6 Å². The lowest BCUT2D eigenvalue weighted by Gasteiger charge is -2.55. The number of rotatable bonds is 1. The molecule has 0 saturated heterocycles. The quantitative estimate of drug-likeness (QED) is 0.775. The Morgan fingerprint density at radius 2 is 2.19 bits per heavy atom. The van der Waals surface area contributed by atoms with Gasteiger partial charge in [-0.2, -0.15) is 0 Å². The molecule has 0 aromatic heterocycles. The highest BCUT2D eigenvalue weighted by atomic mass is 15.3. The fraction of sp³-hybridized carbons (Fsp3) is 0.571. The van der Waals surface area contributed by atoms with E-state index in [1.807, 2.05) is 0 Å². The maximum Gasteiger partial charge on any atom is 0.0636 e. The molecule has 1 N–H and O–H groups in total. The maximum absolute atomic E-state index is 3.62. The molecule has 1 heterocycles. The molecule has 3 rings (SSSR count). The average Bonchev–Trinajstić information content (AvgIpc) is 2.25. The zero-order chi connectivity index (χ0) is 11.2. The molecular formula is C14H20N2. The third-order valence-corrected chi connectivity index (χ3v) is 4.29. The average molecular weight is 216 g/mol. The lowest BCUT2D eigenvalue weighted by Crippen LogP contribution is -2.60. The molecule has 0 radical (unpaired) electrons. The molecule has 0 atom stereocenters. The molecule has 0 amide bonds. The molecule has 2 aliphatic rings. The van der Waals surface area contributed by atoms with Crippen molar-refractivity contribution in [3.05, 3.63) is 23.8 Å². The van der Waals surface area contributed by atoms with Gasteiger partial charge in [-0.05, 0) is 44.7 Å². The van der Waals surface area contributed by atoms with Gasteiger partial charge in [-0.15, -0.1) is 0 Å². The summed E-state index contributed by atoms with van der Waals surface area (Å²) in [5, 5.41) is 3.62. The van der Waals surface area contributed by atoms with Crippen LogP contribution in [0.3, 0.4) is 0 Å². The number of hydrogen-bond acceptors (Lipinski definition) is 2. The Labute approximate surface area is 97.6 Å². The summed E-state index contributed by atoms with van der Waals surface area (Å²) in [6.07, 6.45) is 4.09. The highest BCUT2D eigenvalue weighted by Gasteiger charge is 2.45. The Morgan fingerprint density at radius 1 is 1.38 bits per heavy atom. The second-order valence-corrected chi connectivity index (χ2v) is 5.15. The normalized spacial score (nSPS) is 21.2. The number of aryl methyl sites for hydroxylation is 1. The lowest BCUT2D eigenvalue weighted by molar-refractivity contribution is 0.240. The molecule has 0 bridgehead atoms. The number of likely N-dealkylation sites (N-methyl/N-ethyl adjacent to an activating group) is 1. The minimum Gasteiger partial charge on any atom is -0.381 e. The van der Waals surface area contributed by atoms with Crippen molar-refractivity contribution in [3.8, 4) is 0 Å². The first kappa shape index (κ1) is 10.0. The van der Waals surface area contributed by atoms with E-state index in [1.165, 1.54) is 36.2 Å². The molecule has 1 aliphatic carbocycles. The summed E-state index contributed by atoms with van der Waals surface area (Å²) in [5.74, 6) is 0. The molecule has 1 aromatic carbocycles. The van der Waals surface area contributed by atoms with E-state index in [9.17, 15) is 0 Å². The molecule has 1 fully saturated rings. The molecular weight excluding hydrogens is 196 g/mol. The first-order valence-electron chi connectivity index (χ1n) is 6.38. The fourth-order valence-corrected chi connectivity index (χ4v) is 3.28. The second-order valence-electron chi connectivity index (χ2n) is 5.15. The van der Waals surface area contributed by atoms with Crippen LogP contribution < -0.4 is 10.2 Å². The van der Waals surface area contributed by atoms with Crippen molar-refractivity contribution >= 4 is 11.4 Å². The van der Waals surface area contributed by atoms with Crippen molar-refractivity contribution in [1.82, 2.24) is 0 Å². The minimum absolute atomic E-state index is 0.424. The first-order chi connectivity index (χ1) is 7.77. The van der Waals surface area contributed by atoms with E-state index in [0.29, 0.717) is 5.54 Å². The fourth-order valence-electron chi connectivity index (χ4n) is 3.28. The van der Waals surface area contributed by atoms with Gasteiger partial charge < -0.3 is 10.2 Å². The Bertz CT molecular complexity index is 407. The molecule has 86 valence electrons. The summed E-state index contributed by atoms with van der Waals surface area (Å²) >= 11 is 0. The van der Waals surface area contributed by atoms with Crippen molar-refractivity contribution < 1.29 is 0 Å². The summed E-state index contributed by atoms with van der Waals surface area (Å²) in [4.78, 5) is 2.64. The molecule has 1 aromatic rings. The van der Waals surface area contributed by atoms with E-state index in [-0.39, 0.29) is 0 Å². The number of fused-ring (bicyclic) bond motifs is 1. The summed E-state index contributed by atoms with van der Waals surface area (Å²) < 4.78 is 0. The Hall–Kier alpha value is -1.18. The largest absolute Gasteiger partial charge is 0.381 e. The predicted octanol–water partition coefficient (Wildman–Crippen LogP) is 3.17. The number of para-hydroxylation sites is 1. The summed E-state index contributed by atoms with van der Waals surface area (Å²) in [5.41, 5.74) is 4.58. The van der Waals surface area contributed by atoms with Gasteiger partial charge in [0.05, 0.1) is 16.9 Å². The van der Waals surface area contributed by atoms with E-state index in [1.54, 1.807) is 0 Å². The van der Waals surface area contributed by atoms with Crippen molar-refractivity contribution in [2.75, 3.05) is 23.3 Å². The monoisotopic (exact) mass is 216 g/mol. The van der Waals surface area contributed by atoms with Gasteiger partial charge in [-0.25, -0.2) is 0 Å². The van der Waals surface area contributed by atoms with Crippen LogP contribution >= 0.6 is 0 Å². The SMILES string of the molecule is CCN1c2c(C)cccc2NCC12CCC2. The van der Waals surface area contributed by atoms with Gasteiger partial charge in [-0.1, -0.05) is 12.1 Å². The maximum atomic E-state index is 3.62. The first-order valence-corrected chi connectivity index (χ1v) is 6.38. The third kappa shape index (κ3) is 1.19. The predicted molar refractivity (Wildman–Crippen MR) is 69.3 cm³/mol. The van der Waals surface area contributed by atoms with Crippen molar-refractivity contribution in [2.24, 2.45) is 0 Å². The highest BCUT2D eigenvalue weighted by Crippen LogP contribution is 2.47. The number of hydrogen-bond donors (Lipinski definition) is 1. The summed E-state index contributed by atoms with van der Waals surface area (Å²) in [6.45, 7) is 6.75. The second kappa shape index (κ2) is 3.41. The molecule has 0 unspecified atom stereocenters. The number of anilines is 2. The standard InChI is InChI=1S/C14H20N2/c1-3-16-13-11(2)6-4-7-12(13)15-10-14(16)8-5-9-14/h4,6-7,15H,3,5,8-10H2,1-2H3. The molecule has 2 heteroatoms. The van der Waals surface area contributed by atoms with Crippen molar-refractivity contribution in [2.45, 2.75) is 38.6 Å². The highest BCUT2D eigenvalue weighted by molar-refractivity contribution is 5.77. The van der Waals surface area contributed by atoms with Crippen molar-refractivity contribution in [1.29, 1.82) is 0 Å². The third-order valence-electron chi connectivity index (χ3n) is 4.29. The van der Waals surface area contributed by atoms with Gasteiger partial charge in [0.2, 0.25) is 0 Å². The molecule has 16 heavy (non-hydrogen) atoms. The number of nitrogens with zero attached hydrogens (tertiary/aromatic N) is 1. The lowest BCUT2D eigenvalue weighted by atomic mass is 9.73. The minimum atomic E-state index is 0.424. The van der Waals surface area contributed by atoms with Crippen LogP contribution in [0.25, 0.3) is 0 Å². The van der Waals surface area contributed by atoms with E-state index < -0.39 is 0 Å². The van der Waals surface area contributed by atoms with Gasteiger partial charge in [0.1, 0.15) is 0 Å². The van der Waals surface area contributed by atoms with Gasteiger partial charge >= 0.3 is 0 Å². The summed E-state index contributed by atoms with van der Waals surface area (Å²) in [6, 6.07) is 6.57. The number of benzene rings is 1.